The van der Waals surface area contributed by atoms with Crippen LogP contribution in [0.2, 0.25) is 0 Å². The first-order valence-corrected chi connectivity index (χ1v) is 13.1. The monoisotopic (exact) mass is 456 g/mol. The van der Waals surface area contributed by atoms with Crippen molar-refractivity contribution >= 4 is 10.8 Å². The number of aryl methyl sites for hydroxylation is 2. The summed E-state index contributed by atoms with van der Waals surface area (Å²) in [6, 6.07) is 8.51. The number of hydrogen-bond donors (Lipinski definition) is 0. The van der Waals surface area contributed by atoms with Crippen molar-refractivity contribution in [1.82, 2.24) is 0 Å². The Morgan fingerprint density at radius 3 is 2.38 bits per heavy atom. The van der Waals surface area contributed by atoms with Crippen molar-refractivity contribution in [3.8, 4) is 11.3 Å². The summed E-state index contributed by atoms with van der Waals surface area (Å²) in [5.74, 6) is -0.0882. The molecule has 0 bridgehead atoms. The molecule has 2 heteroatoms. The summed E-state index contributed by atoms with van der Waals surface area (Å²) in [5.41, 5.74) is 7.61. The van der Waals surface area contributed by atoms with Crippen LogP contribution in [-0.2, 0) is 22.8 Å². The van der Waals surface area contributed by atoms with Gasteiger partial charge in [0.15, 0.2) is 11.7 Å². The Morgan fingerprint density at radius 2 is 1.76 bits per heavy atom. The van der Waals surface area contributed by atoms with E-state index in [-0.39, 0.29) is 16.8 Å². The van der Waals surface area contributed by atoms with Crippen LogP contribution in [-0.4, -0.2) is 0 Å². The van der Waals surface area contributed by atoms with Gasteiger partial charge in [0.05, 0.1) is 16.4 Å². The SMILES string of the molecule is C=CC1(CC)[n+]2ccc3c(C)c(CCCC)cc4c3c2-c2c(ccc(F)c2C4(C)C)C1(C)CC. The van der Waals surface area contributed by atoms with E-state index < -0.39 is 5.41 Å². The average molecular weight is 457 g/mol. The topological polar surface area (TPSA) is 3.88 Å². The van der Waals surface area contributed by atoms with E-state index in [2.05, 4.69) is 90.1 Å². The molecular formula is C32H39FN+. The van der Waals surface area contributed by atoms with Gasteiger partial charge in [0.2, 0.25) is 5.69 Å². The molecule has 2 aliphatic rings. The normalized spacial score (nSPS) is 23.9. The van der Waals surface area contributed by atoms with Gasteiger partial charge in [0.25, 0.3) is 0 Å². The predicted octanol–water partition coefficient (Wildman–Crippen LogP) is 8.20. The lowest BCUT2D eigenvalue weighted by Crippen LogP contribution is -2.68. The second-order valence-corrected chi connectivity index (χ2v) is 11.3. The first kappa shape index (κ1) is 23.3. The predicted molar refractivity (Wildman–Crippen MR) is 141 cm³/mol. The Morgan fingerprint density at radius 1 is 1.03 bits per heavy atom. The molecule has 2 aromatic carbocycles. The molecule has 0 spiro atoms. The summed E-state index contributed by atoms with van der Waals surface area (Å²) in [7, 11) is 0. The van der Waals surface area contributed by atoms with Crippen LogP contribution in [0.15, 0.2) is 43.1 Å². The van der Waals surface area contributed by atoms with Crippen molar-refractivity contribution in [1.29, 1.82) is 0 Å². The van der Waals surface area contributed by atoms with Gasteiger partial charge in [0, 0.05) is 23.5 Å². The minimum Gasteiger partial charge on any atom is -0.207 e. The van der Waals surface area contributed by atoms with Crippen molar-refractivity contribution in [2.24, 2.45) is 0 Å². The fourth-order valence-corrected chi connectivity index (χ4v) is 7.42. The van der Waals surface area contributed by atoms with E-state index in [1.165, 1.54) is 51.6 Å². The average Bonchev–Trinajstić information content (AvgIpc) is 2.82. The lowest BCUT2D eigenvalue weighted by atomic mass is 9.56. The van der Waals surface area contributed by atoms with E-state index in [0.717, 1.165) is 30.4 Å². The summed E-state index contributed by atoms with van der Waals surface area (Å²) in [6.45, 7) is 20.2. The van der Waals surface area contributed by atoms with Crippen LogP contribution < -0.4 is 4.57 Å². The second-order valence-electron chi connectivity index (χ2n) is 11.3. The van der Waals surface area contributed by atoms with Crippen LogP contribution in [0.5, 0.6) is 0 Å². The summed E-state index contributed by atoms with van der Waals surface area (Å²) in [4.78, 5) is 0. The Labute approximate surface area is 204 Å². The third-order valence-corrected chi connectivity index (χ3v) is 9.66. The molecule has 2 heterocycles. The molecule has 0 saturated carbocycles. The second kappa shape index (κ2) is 7.51. The molecule has 0 saturated heterocycles. The molecule has 1 nitrogen and oxygen atoms in total. The molecule has 1 aromatic heterocycles. The first-order chi connectivity index (χ1) is 16.1. The van der Waals surface area contributed by atoms with Crippen molar-refractivity contribution in [3.05, 3.63) is 76.8 Å². The molecule has 2 atom stereocenters. The van der Waals surface area contributed by atoms with Crippen molar-refractivity contribution < 1.29 is 8.96 Å². The zero-order chi connectivity index (χ0) is 24.6. The first-order valence-electron chi connectivity index (χ1n) is 13.1. The Bertz CT molecular complexity index is 1350. The molecule has 0 radical (unpaired) electrons. The largest absolute Gasteiger partial charge is 0.222 e. The van der Waals surface area contributed by atoms with Crippen molar-refractivity contribution in [2.75, 3.05) is 0 Å². The fraction of sp³-hybridized carbons (Fsp3) is 0.469. The highest BCUT2D eigenvalue weighted by atomic mass is 19.1. The standard InChI is InChI=1S/C32H39FN/c1-9-13-14-21-19-24-26-22(20(21)5)17-18-34-29(26)27-23(15-16-25(33)28(27)30(24,6)7)31(8,10-2)32(34,11-3)12-4/h11,15-19H,3,9-10,12-14H2,1-2,4-8H3/q+1. The molecule has 178 valence electrons. The summed E-state index contributed by atoms with van der Waals surface area (Å²) in [5, 5.41) is 2.63. The van der Waals surface area contributed by atoms with E-state index in [1.54, 1.807) is 6.07 Å². The maximum Gasteiger partial charge on any atom is 0.222 e. The lowest BCUT2D eigenvalue weighted by molar-refractivity contribution is -0.755. The molecule has 0 fully saturated rings. The molecule has 5 rings (SSSR count). The Hall–Kier alpha value is -2.48. The van der Waals surface area contributed by atoms with Crippen molar-refractivity contribution in [2.45, 2.75) is 96.9 Å². The summed E-state index contributed by atoms with van der Waals surface area (Å²) >= 11 is 0. The van der Waals surface area contributed by atoms with E-state index in [9.17, 15) is 0 Å². The molecule has 1 aliphatic heterocycles. The van der Waals surface area contributed by atoms with Gasteiger partial charge in [-0.2, -0.15) is 4.57 Å². The molecular weight excluding hydrogens is 417 g/mol. The van der Waals surface area contributed by atoms with Gasteiger partial charge in [-0.05, 0) is 72.9 Å². The van der Waals surface area contributed by atoms with Gasteiger partial charge in [-0.25, -0.2) is 4.39 Å². The molecule has 3 aromatic rings. The van der Waals surface area contributed by atoms with Gasteiger partial charge in [-0.15, -0.1) is 0 Å². The van der Waals surface area contributed by atoms with Crippen LogP contribution >= 0.6 is 0 Å². The summed E-state index contributed by atoms with van der Waals surface area (Å²) < 4.78 is 18.3. The highest BCUT2D eigenvalue weighted by Gasteiger charge is 2.60. The number of halogens is 1. The van der Waals surface area contributed by atoms with Crippen LogP contribution in [0.3, 0.4) is 0 Å². The van der Waals surface area contributed by atoms with Crippen LogP contribution in [0.1, 0.15) is 95.0 Å². The highest BCUT2D eigenvalue weighted by molar-refractivity contribution is 6.03. The van der Waals surface area contributed by atoms with Gasteiger partial charge in [0.1, 0.15) is 5.82 Å². The number of hydrogen-bond acceptors (Lipinski definition) is 0. The fourth-order valence-electron chi connectivity index (χ4n) is 7.42. The zero-order valence-electron chi connectivity index (χ0n) is 22.0. The highest BCUT2D eigenvalue weighted by Crippen LogP contribution is 2.58. The number of aromatic nitrogens is 1. The lowest BCUT2D eigenvalue weighted by Gasteiger charge is -2.49. The van der Waals surface area contributed by atoms with E-state index in [1.807, 2.05) is 0 Å². The number of unbranched alkanes of at least 4 members (excludes halogenated alkanes) is 1. The number of rotatable bonds is 6. The van der Waals surface area contributed by atoms with E-state index >= 15 is 4.39 Å². The third-order valence-electron chi connectivity index (χ3n) is 9.66. The minimum absolute atomic E-state index is 0.0882. The van der Waals surface area contributed by atoms with Gasteiger partial charge < -0.3 is 0 Å². The minimum atomic E-state index is -0.413. The van der Waals surface area contributed by atoms with Gasteiger partial charge in [-0.1, -0.05) is 59.8 Å². The molecule has 2 unspecified atom stereocenters. The number of benzene rings is 2. The maximum absolute atomic E-state index is 15.8. The van der Waals surface area contributed by atoms with Crippen LogP contribution in [0.4, 0.5) is 4.39 Å². The molecule has 0 N–H and O–H groups in total. The third kappa shape index (κ3) is 2.52. The molecule has 0 amide bonds. The van der Waals surface area contributed by atoms with Crippen molar-refractivity contribution in [3.63, 3.8) is 0 Å². The number of allylic oxidation sites excluding steroid dienone is 1. The zero-order valence-corrected chi connectivity index (χ0v) is 22.0. The van der Waals surface area contributed by atoms with Crippen LogP contribution in [0, 0.1) is 12.7 Å². The Balaban J connectivity index is 2.05. The molecule has 1 aliphatic carbocycles. The van der Waals surface area contributed by atoms with Crippen LogP contribution in [0.25, 0.3) is 22.0 Å². The quantitative estimate of drug-likeness (QED) is 0.260. The number of pyridine rings is 1. The smallest absolute Gasteiger partial charge is 0.207 e. The number of nitrogens with zero attached hydrogens (tertiary/aromatic N) is 1. The van der Waals surface area contributed by atoms with Gasteiger partial charge in [-0.3, -0.25) is 0 Å². The Kier molecular flexibility index (Phi) is 5.14. The van der Waals surface area contributed by atoms with E-state index in [4.69, 9.17) is 0 Å². The van der Waals surface area contributed by atoms with E-state index in [0.29, 0.717) is 0 Å². The maximum atomic E-state index is 15.8. The molecule has 34 heavy (non-hydrogen) atoms. The summed E-state index contributed by atoms with van der Waals surface area (Å²) in [6.07, 6.45) is 9.73. The van der Waals surface area contributed by atoms with Gasteiger partial charge >= 0.3 is 0 Å².